The second-order valence-corrected chi connectivity index (χ2v) is 6.37. The molecular formula is C14H22N2O3S. The van der Waals surface area contributed by atoms with Crippen LogP contribution in [0.3, 0.4) is 0 Å². The van der Waals surface area contributed by atoms with Crippen molar-refractivity contribution in [2.75, 3.05) is 20.1 Å². The first-order valence-electron chi connectivity index (χ1n) is 6.77. The minimum absolute atomic E-state index is 0.0918. The predicted octanol–water partition coefficient (Wildman–Crippen LogP) is 1.86. The van der Waals surface area contributed by atoms with Crippen LogP contribution in [-0.2, 0) is 10.0 Å². The van der Waals surface area contributed by atoms with Gasteiger partial charge in [0.1, 0.15) is 0 Å². The maximum atomic E-state index is 12.1. The van der Waals surface area contributed by atoms with Gasteiger partial charge in [-0.25, -0.2) is 13.1 Å². The minimum Gasteiger partial charge on any atom is -0.342 e. The van der Waals surface area contributed by atoms with Gasteiger partial charge >= 0.3 is 0 Å². The summed E-state index contributed by atoms with van der Waals surface area (Å²) in [6.07, 6.45) is 1.98. The molecule has 1 rings (SSSR count). The molecular weight excluding hydrogens is 276 g/mol. The van der Waals surface area contributed by atoms with Gasteiger partial charge in [0.05, 0.1) is 4.90 Å². The van der Waals surface area contributed by atoms with Gasteiger partial charge in [-0.2, -0.15) is 0 Å². The molecule has 1 aromatic carbocycles. The van der Waals surface area contributed by atoms with Crippen molar-refractivity contribution >= 4 is 15.9 Å². The average Bonchev–Trinajstić information content (AvgIpc) is 2.44. The normalized spacial score (nSPS) is 11.3. The van der Waals surface area contributed by atoms with Gasteiger partial charge in [-0.15, -0.1) is 0 Å². The number of carbonyl (C=O) groups is 1. The zero-order valence-electron chi connectivity index (χ0n) is 12.2. The van der Waals surface area contributed by atoms with Crippen molar-refractivity contribution in [3.63, 3.8) is 0 Å². The quantitative estimate of drug-likeness (QED) is 0.835. The molecule has 20 heavy (non-hydrogen) atoms. The number of amides is 1. The summed E-state index contributed by atoms with van der Waals surface area (Å²) in [6.45, 7) is 4.83. The number of nitrogens with zero attached hydrogens (tertiary/aromatic N) is 1. The Morgan fingerprint density at radius 2 is 1.80 bits per heavy atom. The Morgan fingerprint density at radius 3 is 2.30 bits per heavy atom. The van der Waals surface area contributed by atoms with Gasteiger partial charge in [-0.3, -0.25) is 4.79 Å². The molecule has 0 atom stereocenters. The largest absolute Gasteiger partial charge is 0.342 e. The van der Waals surface area contributed by atoms with Crippen molar-refractivity contribution in [3.05, 3.63) is 29.8 Å². The molecule has 0 aliphatic rings. The van der Waals surface area contributed by atoms with E-state index in [1.807, 2.05) is 0 Å². The molecule has 5 nitrogen and oxygen atoms in total. The van der Waals surface area contributed by atoms with Crippen LogP contribution in [0.4, 0.5) is 0 Å². The van der Waals surface area contributed by atoms with Crippen LogP contribution in [0, 0.1) is 0 Å². The second kappa shape index (κ2) is 7.40. The third kappa shape index (κ3) is 4.31. The van der Waals surface area contributed by atoms with E-state index < -0.39 is 10.0 Å². The van der Waals surface area contributed by atoms with E-state index in [0.29, 0.717) is 18.7 Å². The Bertz CT molecular complexity index is 538. The fraction of sp³-hybridized carbons (Fsp3) is 0.500. The molecule has 112 valence electrons. The molecule has 0 fully saturated rings. The summed E-state index contributed by atoms with van der Waals surface area (Å²) in [5, 5.41) is 0. The van der Waals surface area contributed by atoms with Crippen LogP contribution < -0.4 is 4.72 Å². The van der Waals surface area contributed by atoms with Crippen molar-refractivity contribution in [1.29, 1.82) is 0 Å². The van der Waals surface area contributed by atoms with Crippen LogP contribution >= 0.6 is 0 Å². The maximum absolute atomic E-state index is 12.1. The number of benzene rings is 1. The number of unbranched alkanes of at least 4 members (excludes halogenated alkanes) is 1. The van der Waals surface area contributed by atoms with Crippen LogP contribution in [0.2, 0.25) is 0 Å². The van der Waals surface area contributed by atoms with Crippen molar-refractivity contribution in [2.45, 2.75) is 31.6 Å². The molecule has 0 aliphatic heterocycles. The summed E-state index contributed by atoms with van der Waals surface area (Å²) in [5.41, 5.74) is 0.499. The van der Waals surface area contributed by atoms with Gasteiger partial charge in [0.2, 0.25) is 10.0 Å². The fourth-order valence-corrected chi connectivity index (χ4v) is 2.81. The van der Waals surface area contributed by atoms with E-state index in [0.717, 1.165) is 12.8 Å². The lowest BCUT2D eigenvalue weighted by Gasteiger charge is -2.16. The van der Waals surface area contributed by atoms with Crippen molar-refractivity contribution in [1.82, 2.24) is 9.62 Å². The van der Waals surface area contributed by atoms with Gasteiger partial charge in [-0.05, 0) is 30.7 Å². The van der Waals surface area contributed by atoms with Crippen molar-refractivity contribution in [3.8, 4) is 0 Å². The number of hydrogen-bond acceptors (Lipinski definition) is 3. The molecule has 0 saturated heterocycles. The fourth-order valence-electron chi connectivity index (χ4n) is 1.77. The lowest BCUT2D eigenvalue weighted by atomic mass is 10.2. The van der Waals surface area contributed by atoms with E-state index in [2.05, 4.69) is 11.6 Å². The number of nitrogens with one attached hydrogen (secondary N) is 1. The lowest BCUT2D eigenvalue weighted by Crippen LogP contribution is -2.28. The molecule has 6 heteroatoms. The summed E-state index contributed by atoms with van der Waals surface area (Å²) in [7, 11) is -1.71. The summed E-state index contributed by atoms with van der Waals surface area (Å²) >= 11 is 0. The van der Waals surface area contributed by atoms with Crippen LogP contribution in [0.5, 0.6) is 0 Å². The molecule has 1 aromatic rings. The Labute approximate surface area is 121 Å². The first-order valence-corrected chi connectivity index (χ1v) is 8.26. The Kier molecular flexibility index (Phi) is 6.16. The molecule has 0 aromatic heterocycles. The highest BCUT2D eigenvalue weighted by atomic mass is 32.2. The van der Waals surface area contributed by atoms with Crippen LogP contribution in [-0.4, -0.2) is 39.4 Å². The third-order valence-corrected chi connectivity index (χ3v) is 4.50. The Hall–Kier alpha value is -1.40. The maximum Gasteiger partial charge on any atom is 0.253 e. The molecule has 0 spiro atoms. The second-order valence-electron chi connectivity index (χ2n) is 4.61. The van der Waals surface area contributed by atoms with Gasteiger partial charge in [0, 0.05) is 25.7 Å². The highest BCUT2D eigenvalue weighted by molar-refractivity contribution is 7.89. The first kappa shape index (κ1) is 16.7. The molecule has 1 amide bonds. The molecule has 0 bridgehead atoms. The lowest BCUT2D eigenvalue weighted by molar-refractivity contribution is 0.0793. The summed E-state index contributed by atoms with van der Waals surface area (Å²) in [5.74, 6) is -0.0918. The van der Waals surface area contributed by atoms with Crippen molar-refractivity contribution < 1.29 is 13.2 Å². The number of rotatable bonds is 7. The van der Waals surface area contributed by atoms with E-state index in [-0.39, 0.29) is 10.8 Å². The molecule has 0 unspecified atom stereocenters. The van der Waals surface area contributed by atoms with E-state index in [4.69, 9.17) is 0 Å². The van der Waals surface area contributed by atoms with Crippen molar-refractivity contribution in [2.24, 2.45) is 0 Å². The van der Waals surface area contributed by atoms with Crippen LogP contribution in [0.1, 0.15) is 37.0 Å². The van der Waals surface area contributed by atoms with Gasteiger partial charge < -0.3 is 4.90 Å². The average molecular weight is 298 g/mol. The zero-order valence-corrected chi connectivity index (χ0v) is 13.0. The molecule has 0 heterocycles. The van der Waals surface area contributed by atoms with E-state index in [1.165, 1.54) is 12.1 Å². The SMILES string of the molecule is CCCCN(C)C(=O)c1ccc(S(=O)(=O)NCC)cc1. The standard InChI is InChI=1S/C14H22N2O3S/c1-4-6-11-16(3)14(17)12-7-9-13(10-8-12)20(18,19)15-5-2/h7-10,15H,4-6,11H2,1-3H3. The molecule has 1 N–H and O–H groups in total. The summed E-state index contributed by atoms with van der Waals surface area (Å²) in [4.78, 5) is 13.9. The Balaban J connectivity index is 2.83. The Morgan fingerprint density at radius 1 is 1.20 bits per heavy atom. The number of carbonyl (C=O) groups excluding carboxylic acids is 1. The monoisotopic (exact) mass is 298 g/mol. The van der Waals surface area contributed by atoms with E-state index in [9.17, 15) is 13.2 Å². The minimum atomic E-state index is -3.46. The number of sulfonamides is 1. The molecule has 0 aliphatic carbocycles. The van der Waals surface area contributed by atoms with Crippen LogP contribution in [0.15, 0.2) is 29.2 Å². The topological polar surface area (TPSA) is 66.5 Å². The number of hydrogen-bond donors (Lipinski definition) is 1. The van der Waals surface area contributed by atoms with Gasteiger partial charge in [0.15, 0.2) is 0 Å². The van der Waals surface area contributed by atoms with E-state index in [1.54, 1.807) is 31.0 Å². The van der Waals surface area contributed by atoms with E-state index >= 15 is 0 Å². The van der Waals surface area contributed by atoms with Gasteiger partial charge in [0.25, 0.3) is 5.91 Å². The highest BCUT2D eigenvalue weighted by Gasteiger charge is 2.15. The highest BCUT2D eigenvalue weighted by Crippen LogP contribution is 2.12. The summed E-state index contributed by atoms with van der Waals surface area (Å²) < 4.78 is 26.0. The predicted molar refractivity (Wildman–Crippen MR) is 79.2 cm³/mol. The van der Waals surface area contributed by atoms with Gasteiger partial charge in [-0.1, -0.05) is 20.3 Å². The smallest absolute Gasteiger partial charge is 0.253 e. The molecule has 0 radical (unpaired) electrons. The summed E-state index contributed by atoms with van der Waals surface area (Å²) in [6, 6.07) is 6.02. The third-order valence-electron chi connectivity index (χ3n) is 2.94. The first-order chi connectivity index (χ1) is 9.42. The zero-order chi connectivity index (χ0) is 15.2. The molecule has 0 saturated carbocycles. The van der Waals surface area contributed by atoms with Crippen LogP contribution in [0.25, 0.3) is 0 Å².